The highest BCUT2D eigenvalue weighted by Crippen LogP contribution is 2.16. The van der Waals surface area contributed by atoms with Gasteiger partial charge >= 0.3 is 0 Å². The van der Waals surface area contributed by atoms with Crippen LogP contribution in [0.5, 0.6) is 0 Å². The topological polar surface area (TPSA) is 56.7 Å². The van der Waals surface area contributed by atoms with Gasteiger partial charge in [-0.2, -0.15) is 0 Å². The Morgan fingerprint density at radius 1 is 1.60 bits per heavy atom. The van der Waals surface area contributed by atoms with Gasteiger partial charge in [-0.05, 0) is 0 Å². The highest BCUT2D eigenvalue weighted by molar-refractivity contribution is 5.19. The molecule has 1 aliphatic carbocycles. The SMILES string of the molecule is Cn1nnc2c1CC(N)C2. The molecule has 1 aromatic rings. The molecule has 0 saturated heterocycles. The fourth-order valence-corrected chi connectivity index (χ4v) is 1.40. The normalized spacial score (nSPS) is 23.2. The zero-order valence-corrected chi connectivity index (χ0v) is 5.91. The summed E-state index contributed by atoms with van der Waals surface area (Å²) < 4.78 is 1.81. The lowest BCUT2D eigenvalue weighted by Crippen LogP contribution is -2.20. The third-order valence-electron chi connectivity index (χ3n) is 1.93. The lowest BCUT2D eigenvalue weighted by Gasteiger charge is -1.97. The van der Waals surface area contributed by atoms with Crippen LogP contribution in [-0.4, -0.2) is 21.0 Å². The molecule has 1 heterocycles. The third kappa shape index (κ3) is 0.654. The van der Waals surface area contributed by atoms with Gasteiger partial charge in [0.1, 0.15) is 0 Å². The average molecular weight is 138 g/mol. The van der Waals surface area contributed by atoms with Crippen molar-refractivity contribution in [3.05, 3.63) is 11.4 Å². The highest BCUT2D eigenvalue weighted by atomic mass is 15.4. The van der Waals surface area contributed by atoms with Crippen LogP contribution in [0.25, 0.3) is 0 Å². The van der Waals surface area contributed by atoms with E-state index in [9.17, 15) is 0 Å². The van der Waals surface area contributed by atoms with Crippen LogP contribution in [0.2, 0.25) is 0 Å². The maximum atomic E-state index is 5.72. The van der Waals surface area contributed by atoms with Gasteiger partial charge in [-0.3, -0.25) is 4.68 Å². The maximum Gasteiger partial charge on any atom is 0.0875 e. The van der Waals surface area contributed by atoms with E-state index >= 15 is 0 Å². The summed E-state index contributed by atoms with van der Waals surface area (Å²) in [7, 11) is 1.91. The number of fused-ring (bicyclic) bond motifs is 1. The minimum Gasteiger partial charge on any atom is -0.327 e. The fourth-order valence-electron chi connectivity index (χ4n) is 1.40. The quantitative estimate of drug-likeness (QED) is 0.512. The molecule has 10 heavy (non-hydrogen) atoms. The molecule has 0 spiro atoms. The molecule has 1 aromatic heterocycles. The van der Waals surface area contributed by atoms with E-state index in [2.05, 4.69) is 10.3 Å². The molecule has 0 bridgehead atoms. The Labute approximate surface area is 59.0 Å². The second-order valence-electron chi connectivity index (χ2n) is 2.77. The van der Waals surface area contributed by atoms with E-state index in [4.69, 9.17) is 5.73 Å². The summed E-state index contributed by atoms with van der Waals surface area (Å²) in [6.45, 7) is 0. The number of hydrogen-bond donors (Lipinski definition) is 1. The summed E-state index contributed by atoms with van der Waals surface area (Å²) >= 11 is 0. The van der Waals surface area contributed by atoms with Crippen LogP contribution in [0.1, 0.15) is 11.4 Å². The monoisotopic (exact) mass is 138 g/mol. The van der Waals surface area contributed by atoms with Crippen molar-refractivity contribution < 1.29 is 0 Å². The minimum atomic E-state index is 0.270. The molecule has 1 aliphatic rings. The fraction of sp³-hybridized carbons (Fsp3) is 0.667. The first kappa shape index (κ1) is 5.85. The molecule has 0 fully saturated rings. The summed E-state index contributed by atoms with van der Waals surface area (Å²) in [5.41, 5.74) is 8.00. The van der Waals surface area contributed by atoms with Crippen LogP contribution in [0.3, 0.4) is 0 Å². The molecule has 4 heteroatoms. The van der Waals surface area contributed by atoms with Crippen molar-refractivity contribution in [1.29, 1.82) is 0 Å². The van der Waals surface area contributed by atoms with Gasteiger partial charge in [-0.15, -0.1) is 5.10 Å². The van der Waals surface area contributed by atoms with Gasteiger partial charge in [-0.25, -0.2) is 0 Å². The molecule has 4 nitrogen and oxygen atoms in total. The van der Waals surface area contributed by atoms with Crippen molar-refractivity contribution in [2.45, 2.75) is 18.9 Å². The molecule has 0 amide bonds. The van der Waals surface area contributed by atoms with Gasteiger partial charge in [0, 0.05) is 25.9 Å². The standard InChI is InChI=1S/C6H10N4/c1-10-6-3-4(7)2-5(6)8-9-10/h4H,2-3,7H2,1H3. The highest BCUT2D eigenvalue weighted by Gasteiger charge is 2.22. The molecular weight excluding hydrogens is 128 g/mol. The lowest BCUT2D eigenvalue weighted by molar-refractivity contribution is 0.623. The summed E-state index contributed by atoms with van der Waals surface area (Å²) in [6.07, 6.45) is 1.82. The number of nitrogens with zero attached hydrogens (tertiary/aromatic N) is 3. The maximum absolute atomic E-state index is 5.72. The predicted molar refractivity (Wildman–Crippen MR) is 36.4 cm³/mol. The Kier molecular flexibility index (Phi) is 1.05. The van der Waals surface area contributed by atoms with Gasteiger partial charge in [0.05, 0.1) is 11.4 Å². The van der Waals surface area contributed by atoms with Gasteiger partial charge in [0.25, 0.3) is 0 Å². The molecule has 1 atom stereocenters. The molecular formula is C6H10N4. The first-order valence-corrected chi connectivity index (χ1v) is 3.40. The largest absolute Gasteiger partial charge is 0.327 e. The third-order valence-corrected chi connectivity index (χ3v) is 1.93. The summed E-state index contributed by atoms with van der Waals surface area (Å²) in [6, 6.07) is 0.270. The van der Waals surface area contributed by atoms with Gasteiger partial charge in [0.15, 0.2) is 0 Å². The van der Waals surface area contributed by atoms with E-state index in [1.165, 1.54) is 5.69 Å². The van der Waals surface area contributed by atoms with E-state index in [-0.39, 0.29) is 6.04 Å². The smallest absolute Gasteiger partial charge is 0.0875 e. The number of nitrogens with two attached hydrogens (primary N) is 1. The Balaban J connectivity index is 2.44. The van der Waals surface area contributed by atoms with Crippen LogP contribution in [0.15, 0.2) is 0 Å². The van der Waals surface area contributed by atoms with Crippen LogP contribution in [0, 0.1) is 0 Å². The zero-order valence-electron chi connectivity index (χ0n) is 5.91. The van der Waals surface area contributed by atoms with Crippen LogP contribution < -0.4 is 5.73 Å². The number of hydrogen-bond acceptors (Lipinski definition) is 3. The lowest BCUT2D eigenvalue weighted by atomic mass is 10.3. The van der Waals surface area contributed by atoms with Crippen molar-refractivity contribution in [3.8, 4) is 0 Å². The van der Waals surface area contributed by atoms with Crippen LogP contribution >= 0.6 is 0 Å². The van der Waals surface area contributed by atoms with E-state index in [1.807, 2.05) is 11.7 Å². The van der Waals surface area contributed by atoms with Crippen LogP contribution in [-0.2, 0) is 19.9 Å². The van der Waals surface area contributed by atoms with E-state index in [1.54, 1.807) is 0 Å². The molecule has 2 N–H and O–H groups in total. The molecule has 0 radical (unpaired) electrons. The zero-order chi connectivity index (χ0) is 7.14. The van der Waals surface area contributed by atoms with Crippen molar-refractivity contribution in [2.24, 2.45) is 12.8 Å². The second kappa shape index (κ2) is 1.79. The van der Waals surface area contributed by atoms with Crippen molar-refractivity contribution in [1.82, 2.24) is 15.0 Å². The minimum absolute atomic E-state index is 0.270. The van der Waals surface area contributed by atoms with Crippen molar-refractivity contribution in [3.63, 3.8) is 0 Å². The second-order valence-corrected chi connectivity index (χ2v) is 2.77. The predicted octanol–water partition coefficient (Wildman–Crippen LogP) is -0.759. The molecule has 0 aromatic carbocycles. The Morgan fingerprint density at radius 2 is 2.40 bits per heavy atom. The van der Waals surface area contributed by atoms with E-state index in [0.717, 1.165) is 18.5 Å². The molecule has 54 valence electrons. The summed E-state index contributed by atoms with van der Waals surface area (Å²) in [5, 5.41) is 7.86. The molecule has 2 rings (SSSR count). The molecule has 0 aliphatic heterocycles. The Hall–Kier alpha value is -0.900. The average Bonchev–Trinajstić information content (AvgIpc) is 2.35. The van der Waals surface area contributed by atoms with Crippen LogP contribution in [0.4, 0.5) is 0 Å². The number of aromatic nitrogens is 3. The van der Waals surface area contributed by atoms with Gasteiger partial charge < -0.3 is 5.73 Å². The number of rotatable bonds is 0. The number of aryl methyl sites for hydroxylation is 1. The van der Waals surface area contributed by atoms with E-state index in [0.29, 0.717) is 0 Å². The van der Waals surface area contributed by atoms with Crippen molar-refractivity contribution in [2.75, 3.05) is 0 Å². The summed E-state index contributed by atoms with van der Waals surface area (Å²) in [4.78, 5) is 0. The van der Waals surface area contributed by atoms with E-state index < -0.39 is 0 Å². The Morgan fingerprint density at radius 3 is 3.10 bits per heavy atom. The first-order valence-electron chi connectivity index (χ1n) is 3.40. The Bertz CT molecular complexity index is 252. The van der Waals surface area contributed by atoms with Gasteiger partial charge in [-0.1, -0.05) is 5.21 Å². The first-order chi connectivity index (χ1) is 4.77. The molecule has 1 unspecified atom stereocenters. The molecule has 0 saturated carbocycles. The van der Waals surface area contributed by atoms with Gasteiger partial charge in [0.2, 0.25) is 0 Å². The van der Waals surface area contributed by atoms with Crippen molar-refractivity contribution >= 4 is 0 Å². The summed E-state index contributed by atoms with van der Waals surface area (Å²) in [5.74, 6) is 0.